The highest BCUT2D eigenvalue weighted by atomic mass is 19.1. The average Bonchev–Trinajstić information content (AvgIpc) is 2.30. The molecule has 1 aliphatic heterocycles. The molecular weight excluding hydrogens is 193 g/mol. The van der Waals surface area contributed by atoms with Gasteiger partial charge in [-0.15, -0.1) is 0 Å². The molecule has 1 aromatic rings. The number of halogens is 1. The molecule has 4 heteroatoms. The molecular formula is C11H16FN3. The number of anilines is 1. The van der Waals surface area contributed by atoms with Crippen LogP contribution in [-0.4, -0.2) is 37.5 Å². The van der Waals surface area contributed by atoms with Gasteiger partial charge < -0.3 is 4.90 Å². The molecule has 2 rings (SSSR count). The summed E-state index contributed by atoms with van der Waals surface area (Å²) in [5.74, 6) is 0. The van der Waals surface area contributed by atoms with Gasteiger partial charge in [0.15, 0.2) is 0 Å². The van der Waals surface area contributed by atoms with Crippen LogP contribution in [0.3, 0.4) is 0 Å². The normalized spacial score (nSPS) is 20.3. The van der Waals surface area contributed by atoms with Gasteiger partial charge in [0.1, 0.15) is 0 Å². The Labute approximate surface area is 89.3 Å². The number of para-hydroxylation sites is 1. The summed E-state index contributed by atoms with van der Waals surface area (Å²) in [6, 6.07) is 10.2. The van der Waals surface area contributed by atoms with Crippen LogP contribution >= 0.6 is 0 Å². The zero-order valence-corrected chi connectivity index (χ0v) is 8.64. The van der Waals surface area contributed by atoms with Crippen LogP contribution in [0, 0.1) is 0 Å². The monoisotopic (exact) mass is 209 g/mol. The summed E-state index contributed by atoms with van der Waals surface area (Å²) < 4.78 is 12.8. The standard InChI is InChI=1S/C11H16FN3/c12-11(13)15-8-6-14(7-9-15)10-4-2-1-3-5-10/h1-5,11H,6-9,13H2. The van der Waals surface area contributed by atoms with Crippen molar-refractivity contribution in [1.82, 2.24) is 4.90 Å². The van der Waals surface area contributed by atoms with Crippen molar-refractivity contribution in [3.8, 4) is 0 Å². The molecule has 0 aromatic heterocycles. The first-order chi connectivity index (χ1) is 7.27. The molecule has 1 atom stereocenters. The van der Waals surface area contributed by atoms with Gasteiger partial charge in [-0.05, 0) is 12.1 Å². The van der Waals surface area contributed by atoms with E-state index in [-0.39, 0.29) is 0 Å². The van der Waals surface area contributed by atoms with Gasteiger partial charge in [0.2, 0.25) is 6.42 Å². The Balaban J connectivity index is 1.94. The van der Waals surface area contributed by atoms with Crippen molar-refractivity contribution < 1.29 is 4.39 Å². The molecule has 1 aromatic carbocycles. The highest BCUT2D eigenvalue weighted by Gasteiger charge is 2.20. The Bertz CT molecular complexity index is 294. The molecule has 0 saturated carbocycles. The predicted octanol–water partition coefficient (Wildman–Crippen LogP) is 1.02. The number of piperazine rings is 1. The molecule has 2 N–H and O–H groups in total. The highest BCUT2D eigenvalue weighted by molar-refractivity contribution is 5.46. The van der Waals surface area contributed by atoms with Crippen LogP contribution in [0.1, 0.15) is 0 Å². The molecule has 1 aliphatic rings. The second kappa shape index (κ2) is 4.59. The molecule has 1 fully saturated rings. The van der Waals surface area contributed by atoms with Crippen molar-refractivity contribution in [3.05, 3.63) is 30.3 Å². The largest absolute Gasteiger partial charge is 0.369 e. The second-order valence-electron chi connectivity index (χ2n) is 3.73. The van der Waals surface area contributed by atoms with Crippen LogP contribution in [0.5, 0.6) is 0 Å². The molecule has 82 valence electrons. The number of nitrogens with two attached hydrogens (primary N) is 1. The lowest BCUT2D eigenvalue weighted by molar-refractivity contribution is 0.0820. The third-order valence-electron chi connectivity index (χ3n) is 2.78. The summed E-state index contributed by atoms with van der Waals surface area (Å²) in [4.78, 5) is 3.90. The molecule has 1 heterocycles. The fraction of sp³-hybridized carbons (Fsp3) is 0.455. The minimum absolute atomic E-state index is 0.687. The Morgan fingerprint density at radius 2 is 1.67 bits per heavy atom. The van der Waals surface area contributed by atoms with Gasteiger partial charge in [0.25, 0.3) is 0 Å². The number of hydrogen-bond acceptors (Lipinski definition) is 3. The van der Waals surface area contributed by atoms with E-state index in [1.807, 2.05) is 18.2 Å². The topological polar surface area (TPSA) is 32.5 Å². The van der Waals surface area contributed by atoms with Crippen LogP contribution in [-0.2, 0) is 0 Å². The average molecular weight is 209 g/mol. The van der Waals surface area contributed by atoms with Gasteiger partial charge in [-0.3, -0.25) is 10.6 Å². The first-order valence-electron chi connectivity index (χ1n) is 5.21. The number of rotatable bonds is 2. The SMILES string of the molecule is NC(F)N1CCN(c2ccccc2)CC1. The van der Waals surface area contributed by atoms with E-state index in [4.69, 9.17) is 5.73 Å². The van der Waals surface area contributed by atoms with E-state index < -0.39 is 6.42 Å². The molecule has 15 heavy (non-hydrogen) atoms. The zero-order valence-electron chi connectivity index (χ0n) is 8.64. The molecule has 0 radical (unpaired) electrons. The van der Waals surface area contributed by atoms with E-state index in [0.29, 0.717) is 13.1 Å². The van der Waals surface area contributed by atoms with Crippen molar-refractivity contribution in [2.75, 3.05) is 31.1 Å². The van der Waals surface area contributed by atoms with E-state index in [2.05, 4.69) is 17.0 Å². The van der Waals surface area contributed by atoms with E-state index in [0.717, 1.165) is 13.1 Å². The van der Waals surface area contributed by atoms with E-state index in [9.17, 15) is 4.39 Å². The van der Waals surface area contributed by atoms with E-state index in [1.54, 1.807) is 4.90 Å². The summed E-state index contributed by atoms with van der Waals surface area (Å²) >= 11 is 0. The molecule has 0 aliphatic carbocycles. The lowest BCUT2D eigenvalue weighted by Crippen LogP contribution is -2.51. The van der Waals surface area contributed by atoms with Crippen LogP contribution in [0.4, 0.5) is 10.1 Å². The molecule has 1 unspecified atom stereocenters. The van der Waals surface area contributed by atoms with Crippen molar-refractivity contribution in [3.63, 3.8) is 0 Å². The van der Waals surface area contributed by atoms with Gasteiger partial charge >= 0.3 is 0 Å². The fourth-order valence-electron chi connectivity index (χ4n) is 1.87. The summed E-state index contributed by atoms with van der Waals surface area (Å²) in [6.45, 7) is 3.04. The van der Waals surface area contributed by atoms with Crippen molar-refractivity contribution >= 4 is 5.69 Å². The van der Waals surface area contributed by atoms with Gasteiger partial charge in [-0.25, -0.2) is 4.39 Å². The fourth-order valence-corrected chi connectivity index (χ4v) is 1.87. The Morgan fingerprint density at radius 3 is 2.20 bits per heavy atom. The summed E-state index contributed by atoms with van der Waals surface area (Å²) in [5, 5.41) is 0. The number of alkyl halides is 1. The third kappa shape index (κ3) is 2.46. The minimum Gasteiger partial charge on any atom is -0.369 e. The predicted molar refractivity (Wildman–Crippen MR) is 59.3 cm³/mol. The Kier molecular flexibility index (Phi) is 3.18. The Hall–Kier alpha value is -1.13. The highest BCUT2D eigenvalue weighted by Crippen LogP contribution is 2.15. The van der Waals surface area contributed by atoms with Gasteiger partial charge in [0, 0.05) is 31.9 Å². The van der Waals surface area contributed by atoms with Crippen LogP contribution in [0.2, 0.25) is 0 Å². The van der Waals surface area contributed by atoms with Crippen LogP contribution < -0.4 is 10.6 Å². The van der Waals surface area contributed by atoms with E-state index >= 15 is 0 Å². The quantitative estimate of drug-likeness (QED) is 0.738. The lowest BCUT2D eigenvalue weighted by Gasteiger charge is -2.36. The zero-order chi connectivity index (χ0) is 10.7. The number of benzene rings is 1. The van der Waals surface area contributed by atoms with E-state index in [1.165, 1.54) is 5.69 Å². The number of hydrogen-bond donors (Lipinski definition) is 1. The van der Waals surface area contributed by atoms with Gasteiger partial charge in [-0.2, -0.15) is 0 Å². The second-order valence-corrected chi connectivity index (χ2v) is 3.73. The van der Waals surface area contributed by atoms with Crippen LogP contribution in [0.15, 0.2) is 30.3 Å². The van der Waals surface area contributed by atoms with Gasteiger partial charge in [-0.1, -0.05) is 18.2 Å². The summed E-state index contributed by atoms with van der Waals surface area (Å²) in [5.41, 5.74) is 6.39. The van der Waals surface area contributed by atoms with Crippen molar-refractivity contribution in [2.24, 2.45) is 5.73 Å². The Morgan fingerprint density at radius 1 is 1.07 bits per heavy atom. The van der Waals surface area contributed by atoms with Gasteiger partial charge in [0.05, 0.1) is 0 Å². The van der Waals surface area contributed by atoms with Crippen molar-refractivity contribution in [2.45, 2.75) is 6.42 Å². The summed E-state index contributed by atoms with van der Waals surface area (Å²) in [7, 11) is 0. The molecule has 0 spiro atoms. The minimum atomic E-state index is -1.32. The smallest absolute Gasteiger partial charge is 0.205 e. The lowest BCUT2D eigenvalue weighted by atomic mass is 10.2. The third-order valence-corrected chi connectivity index (χ3v) is 2.78. The molecule has 0 amide bonds. The molecule has 3 nitrogen and oxygen atoms in total. The number of nitrogens with zero attached hydrogens (tertiary/aromatic N) is 2. The first kappa shape index (κ1) is 10.4. The maximum Gasteiger partial charge on any atom is 0.205 e. The van der Waals surface area contributed by atoms with Crippen LogP contribution in [0.25, 0.3) is 0 Å². The summed E-state index contributed by atoms with van der Waals surface area (Å²) in [6.07, 6.45) is -1.32. The molecule has 0 bridgehead atoms. The maximum atomic E-state index is 12.8. The maximum absolute atomic E-state index is 12.8. The first-order valence-corrected chi connectivity index (χ1v) is 5.21. The molecule has 1 saturated heterocycles. The van der Waals surface area contributed by atoms with Crippen molar-refractivity contribution in [1.29, 1.82) is 0 Å².